The fourth-order valence-corrected chi connectivity index (χ4v) is 3.93. The van der Waals surface area contributed by atoms with Crippen molar-refractivity contribution in [1.29, 1.82) is 0 Å². The van der Waals surface area contributed by atoms with Gasteiger partial charge >= 0.3 is 6.03 Å². The fraction of sp³-hybridized carbons (Fsp3) is 0.900. The number of nitrogens with one attached hydrogen (secondary N) is 1. The first-order valence-electron chi connectivity index (χ1n) is 5.70. The van der Waals surface area contributed by atoms with Crippen molar-refractivity contribution in [2.24, 2.45) is 0 Å². The molecule has 1 saturated heterocycles. The van der Waals surface area contributed by atoms with Crippen LogP contribution in [-0.4, -0.2) is 43.7 Å². The fourth-order valence-electron chi connectivity index (χ4n) is 2.09. The lowest BCUT2D eigenvalue weighted by Gasteiger charge is -2.27. The predicted molar refractivity (Wildman–Crippen MR) is 63.3 cm³/mol. The Labute approximate surface area is 92.8 Å². The van der Waals surface area contributed by atoms with Crippen LogP contribution in [0.5, 0.6) is 0 Å². The van der Waals surface area contributed by atoms with Crippen molar-refractivity contribution >= 4 is 14.3 Å². The third-order valence-electron chi connectivity index (χ3n) is 3.18. The van der Waals surface area contributed by atoms with E-state index in [2.05, 4.69) is 12.2 Å². The first-order chi connectivity index (χ1) is 6.95. The zero-order valence-corrected chi connectivity index (χ0v) is 10.9. The lowest BCUT2D eigenvalue weighted by Crippen LogP contribution is -2.36. The monoisotopic (exact) mass is 230 g/mol. The van der Waals surface area contributed by atoms with Crippen LogP contribution in [0.3, 0.4) is 0 Å². The second-order valence-electron chi connectivity index (χ2n) is 4.77. The Morgan fingerprint density at radius 3 is 2.67 bits per heavy atom. The summed E-state index contributed by atoms with van der Waals surface area (Å²) in [7, 11) is -2.04. The van der Waals surface area contributed by atoms with Gasteiger partial charge in [0.1, 0.15) is 0 Å². The van der Waals surface area contributed by atoms with Crippen molar-refractivity contribution < 1.29 is 9.59 Å². The summed E-state index contributed by atoms with van der Waals surface area (Å²) in [5.74, 6) is 0. The molecular weight excluding hydrogens is 208 g/mol. The lowest BCUT2D eigenvalue weighted by atomic mass is 10.2. The molecule has 2 amide bonds. The van der Waals surface area contributed by atoms with E-state index in [-0.39, 0.29) is 6.03 Å². The highest BCUT2D eigenvalue weighted by molar-refractivity contribution is 6.71. The summed E-state index contributed by atoms with van der Waals surface area (Å²) < 4.78 is 0. The normalized spacial score (nSPS) is 19.2. The van der Waals surface area contributed by atoms with E-state index in [9.17, 15) is 9.59 Å². The molecule has 88 valence electrons. The average Bonchev–Trinajstić information content (AvgIpc) is 2.50. The maximum absolute atomic E-state index is 11.3. The van der Waals surface area contributed by atoms with Gasteiger partial charge in [-0.3, -0.25) is 0 Å². The molecule has 0 aliphatic carbocycles. The van der Waals surface area contributed by atoms with Crippen molar-refractivity contribution in [1.82, 2.24) is 10.2 Å². The highest BCUT2D eigenvalue weighted by Gasteiger charge is 2.29. The number of hydrogen-bond donors (Lipinski definition) is 2. The van der Waals surface area contributed by atoms with Gasteiger partial charge in [-0.05, 0) is 25.1 Å². The van der Waals surface area contributed by atoms with E-state index in [1.54, 1.807) is 0 Å². The molecule has 0 aromatic rings. The molecular formula is C10H22N2O2Si. The van der Waals surface area contributed by atoms with E-state index in [1.807, 2.05) is 18.0 Å². The van der Waals surface area contributed by atoms with Crippen LogP contribution >= 0.6 is 0 Å². The number of urea groups is 1. The zero-order chi connectivity index (χ0) is 11.5. The third kappa shape index (κ3) is 3.50. The SMILES string of the molecule is CCC(CCN1CCNC1=O)[Si](C)(C)O. The van der Waals surface area contributed by atoms with Crippen LogP contribution in [0.1, 0.15) is 19.8 Å². The first kappa shape index (κ1) is 12.5. The number of amides is 2. The molecule has 0 bridgehead atoms. The van der Waals surface area contributed by atoms with Crippen molar-refractivity contribution in [2.45, 2.75) is 38.4 Å². The van der Waals surface area contributed by atoms with Gasteiger partial charge in [-0.15, -0.1) is 0 Å². The minimum Gasteiger partial charge on any atom is -0.432 e. The Balaban J connectivity index is 2.37. The standard InChI is InChI=1S/C10H22N2O2Si/c1-4-9(15(2,3)14)5-7-12-8-6-11-10(12)13/h9,14H,4-8H2,1-3H3,(H,11,13). The molecule has 1 aliphatic heterocycles. The third-order valence-corrected chi connectivity index (χ3v) is 5.88. The Kier molecular flexibility index (Phi) is 4.16. The number of carbonyl (C=O) groups excluding carboxylic acids is 1. The first-order valence-corrected chi connectivity index (χ1v) is 8.72. The second kappa shape index (κ2) is 4.98. The van der Waals surface area contributed by atoms with Gasteiger partial charge in [0, 0.05) is 19.6 Å². The van der Waals surface area contributed by atoms with Gasteiger partial charge in [0.05, 0.1) is 0 Å². The van der Waals surface area contributed by atoms with Gasteiger partial charge in [-0.2, -0.15) is 0 Å². The largest absolute Gasteiger partial charge is 0.432 e. The number of hydrogen-bond acceptors (Lipinski definition) is 2. The molecule has 5 heteroatoms. The Morgan fingerprint density at radius 1 is 1.60 bits per heavy atom. The summed E-state index contributed by atoms with van der Waals surface area (Å²) in [5.41, 5.74) is 0.394. The van der Waals surface area contributed by atoms with Crippen molar-refractivity contribution in [2.75, 3.05) is 19.6 Å². The van der Waals surface area contributed by atoms with Gasteiger partial charge in [0.2, 0.25) is 0 Å². The van der Waals surface area contributed by atoms with Crippen LogP contribution in [0.25, 0.3) is 0 Å². The summed E-state index contributed by atoms with van der Waals surface area (Å²) in [6, 6.07) is 0.0438. The smallest absolute Gasteiger partial charge is 0.317 e. The topological polar surface area (TPSA) is 52.6 Å². The maximum atomic E-state index is 11.3. The number of rotatable bonds is 5. The molecule has 1 atom stereocenters. The van der Waals surface area contributed by atoms with Gasteiger partial charge in [-0.25, -0.2) is 4.79 Å². The van der Waals surface area contributed by atoms with Gasteiger partial charge < -0.3 is 15.0 Å². The summed E-state index contributed by atoms with van der Waals surface area (Å²) in [5, 5.41) is 2.79. The van der Waals surface area contributed by atoms with E-state index in [0.29, 0.717) is 5.54 Å². The summed E-state index contributed by atoms with van der Waals surface area (Å²) in [6.07, 6.45) is 1.94. The maximum Gasteiger partial charge on any atom is 0.317 e. The number of carbonyl (C=O) groups is 1. The lowest BCUT2D eigenvalue weighted by molar-refractivity contribution is 0.216. The zero-order valence-electron chi connectivity index (χ0n) is 9.92. The molecule has 0 spiro atoms. The van der Waals surface area contributed by atoms with Gasteiger partial charge in [0.25, 0.3) is 0 Å². The highest BCUT2D eigenvalue weighted by Crippen LogP contribution is 2.26. The van der Waals surface area contributed by atoms with Crippen LogP contribution in [0.4, 0.5) is 4.79 Å². The molecule has 4 nitrogen and oxygen atoms in total. The van der Waals surface area contributed by atoms with E-state index in [1.165, 1.54) is 0 Å². The molecule has 1 aliphatic rings. The van der Waals surface area contributed by atoms with E-state index in [0.717, 1.165) is 32.5 Å². The molecule has 1 heterocycles. The molecule has 1 rings (SSSR count). The van der Waals surface area contributed by atoms with Crippen LogP contribution in [0.2, 0.25) is 18.6 Å². The minimum absolute atomic E-state index is 0.0438. The minimum atomic E-state index is -2.04. The summed E-state index contributed by atoms with van der Waals surface area (Å²) in [6.45, 7) is 8.41. The highest BCUT2D eigenvalue weighted by atomic mass is 28.4. The van der Waals surface area contributed by atoms with Crippen LogP contribution in [-0.2, 0) is 0 Å². The summed E-state index contributed by atoms with van der Waals surface area (Å²) >= 11 is 0. The van der Waals surface area contributed by atoms with E-state index in [4.69, 9.17) is 0 Å². The van der Waals surface area contributed by atoms with Crippen molar-refractivity contribution in [3.63, 3.8) is 0 Å². The van der Waals surface area contributed by atoms with Gasteiger partial charge in [0.15, 0.2) is 8.32 Å². The van der Waals surface area contributed by atoms with Crippen LogP contribution in [0, 0.1) is 0 Å². The molecule has 0 aromatic carbocycles. The molecule has 1 fully saturated rings. The summed E-state index contributed by atoms with van der Waals surface area (Å²) in [4.78, 5) is 23.2. The molecule has 0 saturated carbocycles. The molecule has 0 aromatic heterocycles. The quantitative estimate of drug-likeness (QED) is 0.701. The number of nitrogens with zero attached hydrogens (tertiary/aromatic N) is 1. The second-order valence-corrected chi connectivity index (χ2v) is 8.89. The molecule has 0 radical (unpaired) electrons. The molecule has 2 N–H and O–H groups in total. The van der Waals surface area contributed by atoms with Crippen LogP contribution in [0.15, 0.2) is 0 Å². The van der Waals surface area contributed by atoms with Crippen molar-refractivity contribution in [3.8, 4) is 0 Å². The Hall–Kier alpha value is -0.553. The van der Waals surface area contributed by atoms with E-state index >= 15 is 0 Å². The Morgan fingerprint density at radius 2 is 2.27 bits per heavy atom. The molecule has 15 heavy (non-hydrogen) atoms. The van der Waals surface area contributed by atoms with Crippen molar-refractivity contribution in [3.05, 3.63) is 0 Å². The predicted octanol–water partition coefficient (Wildman–Crippen LogP) is 1.38. The van der Waals surface area contributed by atoms with Gasteiger partial charge in [-0.1, -0.05) is 13.3 Å². The van der Waals surface area contributed by atoms with E-state index < -0.39 is 8.32 Å². The Bertz CT molecular complexity index is 228. The van der Waals surface area contributed by atoms with Crippen LogP contribution < -0.4 is 5.32 Å². The molecule has 1 unspecified atom stereocenters. The average molecular weight is 230 g/mol.